The monoisotopic (exact) mass is 292 g/mol. The highest BCUT2D eigenvalue weighted by Gasteiger charge is 2.15. The molecular weight excluding hydrogens is 280 g/mol. The van der Waals surface area contributed by atoms with E-state index in [1.165, 1.54) is 6.07 Å². The molecule has 0 saturated carbocycles. The molecule has 0 amide bonds. The molecule has 5 nitrogen and oxygen atoms in total. The van der Waals surface area contributed by atoms with Gasteiger partial charge in [-0.25, -0.2) is 0 Å². The van der Waals surface area contributed by atoms with Gasteiger partial charge in [0.25, 0.3) is 0 Å². The van der Waals surface area contributed by atoms with Crippen LogP contribution in [0.15, 0.2) is 42.7 Å². The van der Waals surface area contributed by atoms with E-state index in [0.717, 1.165) is 11.1 Å². The lowest BCUT2D eigenvalue weighted by Gasteiger charge is -2.08. The number of rotatable bonds is 6. The van der Waals surface area contributed by atoms with Crippen molar-refractivity contribution in [1.82, 2.24) is 4.98 Å². The molecule has 0 aliphatic rings. The Balaban J connectivity index is 2.06. The molecule has 0 fully saturated rings. The molecule has 0 bridgehead atoms. The fourth-order valence-corrected chi connectivity index (χ4v) is 1.90. The average molecular weight is 293 g/mol. The summed E-state index contributed by atoms with van der Waals surface area (Å²) in [6.07, 6.45) is 4.06. The first kappa shape index (κ1) is 14.3. The summed E-state index contributed by atoms with van der Waals surface area (Å²) >= 11 is 5.73. The second-order valence-corrected chi connectivity index (χ2v) is 4.41. The number of nitro benzene ring substituents is 1. The van der Waals surface area contributed by atoms with Crippen LogP contribution in [0, 0.1) is 10.1 Å². The normalized spacial score (nSPS) is 10.2. The first-order chi connectivity index (χ1) is 9.70. The standard InChI is InChI=1S/C14H13ClN2O3/c15-10-12-1-2-13(17(18)19)14(9-12)20-8-5-11-3-6-16-7-4-11/h1-4,6-7,9H,5,8,10H2. The Bertz CT molecular complexity index is 590. The maximum Gasteiger partial charge on any atom is 0.310 e. The smallest absolute Gasteiger partial charge is 0.310 e. The summed E-state index contributed by atoms with van der Waals surface area (Å²) in [5, 5.41) is 10.9. The highest BCUT2D eigenvalue weighted by molar-refractivity contribution is 6.17. The van der Waals surface area contributed by atoms with E-state index in [2.05, 4.69) is 4.98 Å². The molecule has 0 N–H and O–H groups in total. The Morgan fingerprint density at radius 3 is 2.60 bits per heavy atom. The lowest BCUT2D eigenvalue weighted by atomic mass is 10.2. The lowest BCUT2D eigenvalue weighted by molar-refractivity contribution is -0.385. The summed E-state index contributed by atoms with van der Waals surface area (Å²) in [5.74, 6) is 0.542. The van der Waals surface area contributed by atoms with Gasteiger partial charge in [0.1, 0.15) is 0 Å². The van der Waals surface area contributed by atoms with Crippen LogP contribution < -0.4 is 4.74 Å². The highest BCUT2D eigenvalue weighted by Crippen LogP contribution is 2.28. The number of pyridine rings is 1. The van der Waals surface area contributed by atoms with Crippen LogP contribution in [0.5, 0.6) is 5.75 Å². The number of aromatic nitrogens is 1. The molecule has 0 aliphatic carbocycles. The van der Waals surface area contributed by atoms with Crippen molar-refractivity contribution in [3.63, 3.8) is 0 Å². The zero-order valence-corrected chi connectivity index (χ0v) is 11.4. The van der Waals surface area contributed by atoms with Crippen molar-refractivity contribution in [3.8, 4) is 5.75 Å². The van der Waals surface area contributed by atoms with Crippen molar-refractivity contribution in [1.29, 1.82) is 0 Å². The van der Waals surface area contributed by atoms with Gasteiger partial charge in [-0.2, -0.15) is 0 Å². The van der Waals surface area contributed by atoms with E-state index in [0.29, 0.717) is 18.9 Å². The van der Waals surface area contributed by atoms with E-state index in [1.54, 1.807) is 24.5 Å². The Kier molecular flexibility index (Phi) is 4.90. The zero-order chi connectivity index (χ0) is 14.4. The van der Waals surface area contributed by atoms with Gasteiger partial charge in [-0.15, -0.1) is 11.6 Å². The number of hydrogen-bond acceptors (Lipinski definition) is 4. The van der Waals surface area contributed by atoms with E-state index >= 15 is 0 Å². The molecule has 6 heteroatoms. The third kappa shape index (κ3) is 3.68. The Morgan fingerprint density at radius 1 is 1.20 bits per heavy atom. The molecule has 104 valence electrons. The highest BCUT2D eigenvalue weighted by atomic mass is 35.5. The number of alkyl halides is 1. The summed E-state index contributed by atoms with van der Waals surface area (Å²) in [7, 11) is 0. The van der Waals surface area contributed by atoms with Crippen LogP contribution in [0.4, 0.5) is 5.69 Å². The molecule has 1 heterocycles. The van der Waals surface area contributed by atoms with E-state index in [9.17, 15) is 10.1 Å². The zero-order valence-electron chi connectivity index (χ0n) is 10.7. The van der Waals surface area contributed by atoms with Gasteiger partial charge in [-0.1, -0.05) is 6.07 Å². The number of benzene rings is 1. The number of ether oxygens (including phenoxy) is 1. The number of halogens is 1. The summed E-state index contributed by atoms with van der Waals surface area (Å²) in [5.41, 5.74) is 1.81. The van der Waals surface area contributed by atoms with Crippen LogP contribution in [0.25, 0.3) is 0 Å². The lowest BCUT2D eigenvalue weighted by Crippen LogP contribution is -2.04. The maximum absolute atomic E-state index is 10.9. The van der Waals surface area contributed by atoms with E-state index < -0.39 is 4.92 Å². The minimum atomic E-state index is -0.459. The third-order valence-electron chi connectivity index (χ3n) is 2.77. The maximum atomic E-state index is 10.9. The van der Waals surface area contributed by atoms with Gasteiger partial charge in [0, 0.05) is 30.8 Å². The summed E-state index contributed by atoms with van der Waals surface area (Å²) < 4.78 is 5.52. The van der Waals surface area contributed by atoms with Gasteiger partial charge in [-0.05, 0) is 29.3 Å². The quantitative estimate of drug-likeness (QED) is 0.465. The molecule has 0 spiro atoms. The molecule has 0 radical (unpaired) electrons. The number of nitrogens with zero attached hydrogens (tertiary/aromatic N) is 2. The fourth-order valence-electron chi connectivity index (χ4n) is 1.74. The predicted octanol–water partition coefficient (Wildman–Crippen LogP) is 3.35. The van der Waals surface area contributed by atoms with Gasteiger partial charge in [-0.3, -0.25) is 15.1 Å². The van der Waals surface area contributed by atoms with Gasteiger partial charge in [0.2, 0.25) is 0 Å². The molecule has 0 unspecified atom stereocenters. The number of nitro groups is 1. The van der Waals surface area contributed by atoms with Gasteiger partial charge >= 0.3 is 5.69 Å². The molecular formula is C14H13ClN2O3. The average Bonchev–Trinajstić information content (AvgIpc) is 2.48. The summed E-state index contributed by atoms with van der Waals surface area (Å²) in [6.45, 7) is 0.358. The van der Waals surface area contributed by atoms with Crippen LogP contribution in [-0.4, -0.2) is 16.5 Å². The van der Waals surface area contributed by atoms with Gasteiger partial charge in [0.05, 0.1) is 11.5 Å². The molecule has 0 atom stereocenters. The minimum absolute atomic E-state index is 0.0476. The molecule has 1 aromatic carbocycles. The molecule has 0 saturated heterocycles. The molecule has 20 heavy (non-hydrogen) atoms. The fraction of sp³-hybridized carbons (Fsp3) is 0.214. The molecule has 0 aliphatic heterocycles. The van der Waals surface area contributed by atoms with Crippen molar-refractivity contribution in [3.05, 3.63) is 64.0 Å². The third-order valence-corrected chi connectivity index (χ3v) is 3.08. The van der Waals surface area contributed by atoms with Gasteiger partial charge < -0.3 is 4.74 Å². The Labute approximate surface area is 121 Å². The van der Waals surface area contributed by atoms with E-state index in [4.69, 9.17) is 16.3 Å². The van der Waals surface area contributed by atoms with Crippen LogP contribution >= 0.6 is 11.6 Å². The SMILES string of the molecule is O=[N+]([O-])c1ccc(CCl)cc1OCCc1ccncc1. The van der Waals surface area contributed by atoms with Crippen LogP contribution in [0.1, 0.15) is 11.1 Å². The minimum Gasteiger partial charge on any atom is -0.486 e. The van der Waals surface area contributed by atoms with Crippen molar-refractivity contribution in [2.45, 2.75) is 12.3 Å². The van der Waals surface area contributed by atoms with Crippen LogP contribution in [0.3, 0.4) is 0 Å². The number of hydrogen-bond donors (Lipinski definition) is 0. The molecule has 1 aromatic heterocycles. The Morgan fingerprint density at radius 2 is 1.95 bits per heavy atom. The van der Waals surface area contributed by atoms with Crippen molar-refractivity contribution >= 4 is 17.3 Å². The second-order valence-electron chi connectivity index (χ2n) is 4.15. The van der Waals surface area contributed by atoms with Crippen molar-refractivity contribution in [2.75, 3.05) is 6.61 Å². The first-order valence-corrected chi connectivity index (χ1v) is 6.59. The van der Waals surface area contributed by atoms with E-state index in [-0.39, 0.29) is 11.4 Å². The topological polar surface area (TPSA) is 65.3 Å². The Hall–Kier alpha value is -2.14. The van der Waals surface area contributed by atoms with E-state index in [1.807, 2.05) is 12.1 Å². The van der Waals surface area contributed by atoms with Crippen LogP contribution in [-0.2, 0) is 12.3 Å². The molecule has 2 aromatic rings. The summed E-state index contributed by atoms with van der Waals surface area (Å²) in [6, 6.07) is 8.41. The predicted molar refractivity (Wildman–Crippen MR) is 76.1 cm³/mol. The molecule has 2 rings (SSSR count). The van der Waals surface area contributed by atoms with Crippen molar-refractivity contribution in [2.24, 2.45) is 0 Å². The van der Waals surface area contributed by atoms with Crippen molar-refractivity contribution < 1.29 is 9.66 Å². The van der Waals surface area contributed by atoms with Gasteiger partial charge in [0.15, 0.2) is 5.75 Å². The van der Waals surface area contributed by atoms with Crippen LogP contribution in [0.2, 0.25) is 0 Å². The largest absolute Gasteiger partial charge is 0.486 e. The summed E-state index contributed by atoms with van der Waals surface area (Å²) in [4.78, 5) is 14.4. The first-order valence-electron chi connectivity index (χ1n) is 6.05. The second kappa shape index (κ2) is 6.86.